The number of phenols is 1. The molecule has 0 radical (unpaired) electrons. The van der Waals surface area contributed by atoms with Crippen molar-refractivity contribution in [2.75, 3.05) is 41.0 Å². The summed E-state index contributed by atoms with van der Waals surface area (Å²) in [7, 11) is 4.71. The zero-order valence-electron chi connectivity index (χ0n) is 20.7. The van der Waals surface area contributed by atoms with Gasteiger partial charge >= 0.3 is 6.03 Å². The standard InChI is InChI=1S/C26H33N3O6/c1-5-29-25(32)28(17-19-12-22(34-3)15-23(13-19)35-4)24(31)26(29)6-8-27(9-7-26)16-18-10-20(30)14-21(11-18)33-2/h10-15,30H,5-9,16-17H2,1-4H3. The van der Waals surface area contributed by atoms with Crippen LogP contribution in [0.3, 0.4) is 0 Å². The average molecular weight is 484 g/mol. The van der Waals surface area contributed by atoms with Crippen molar-refractivity contribution >= 4 is 11.9 Å². The van der Waals surface area contributed by atoms with E-state index in [1.165, 1.54) is 4.90 Å². The van der Waals surface area contributed by atoms with Gasteiger partial charge in [0.1, 0.15) is 28.5 Å². The number of phenolic OH excluding ortho intramolecular Hbond substituents is 1. The fraction of sp³-hybridized carbons (Fsp3) is 0.462. The second kappa shape index (κ2) is 10.0. The number of likely N-dealkylation sites (N-methyl/N-ethyl adjacent to an activating group) is 1. The van der Waals surface area contributed by atoms with Crippen LogP contribution in [0.5, 0.6) is 23.0 Å². The Morgan fingerprint density at radius 2 is 1.37 bits per heavy atom. The lowest BCUT2D eigenvalue weighted by atomic mass is 9.85. The van der Waals surface area contributed by atoms with Gasteiger partial charge in [-0.2, -0.15) is 0 Å². The monoisotopic (exact) mass is 483 g/mol. The van der Waals surface area contributed by atoms with E-state index in [0.29, 0.717) is 56.3 Å². The number of hydrogen-bond acceptors (Lipinski definition) is 7. The second-order valence-electron chi connectivity index (χ2n) is 8.99. The predicted molar refractivity (Wildman–Crippen MR) is 130 cm³/mol. The first-order valence-corrected chi connectivity index (χ1v) is 11.8. The van der Waals surface area contributed by atoms with E-state index in [1.54, 1.807) is 44.4 Å². The molecule has 1 spiro atoms. The minimum atomic E-state index is -0.832. The van der Waals surface area contributed by atoms with Gasteiger partial charge in [-0.3, -0.25) is 14.6 Å². The van der Waals surface area contributed by atoms with Crippen LogP contribution in [0.4, 0.5) is 4.79 Å². The van der Waals surface area contributed by atoms with Gasteiger partial charge in [-0.15, -0.1) is 0 Å². The Morgan fingerprint density at radius 1 is 0.829 bits per heavy atom. The number of nitrogens with zero attached hydrogens (tertiary/aromatic N) is 3. The van der Waals surface area contributed by atoms with Crippen LogP contribution in [0.1, 0.15) is 30.9 Å². The minimum Gasteiger partial charge on any atom is -0.508 e. The molecule has 0 bridgehead atoms. The van der Waals surface area contributed by atoms with E-state index in [4.69, 9.17) is 14.2 Å². The van der Waals surface area contributed by atoms with E-state index in [1.807, 2.05) is 25.1 Å². The molecule has 2 aromatic carbocycles. The minimum absolute atomic E-state index is 0.148. The van der Waals surface area contributed by atoms with Crippen molar-refractivity contribution in [2.24, 2.45) is 0 Å². The largest absolute Gasteiger partial charge is 0.508 e. The molecule has 9 nitrogen and oxygen atoms in total. The summed E-state index contributed by atoms with van der Waals surface area (Å²) in [6.07, 6.45) is 1.11. The van der Waals surface area contributed by atoms with E-state index in [0.717, 1.165) is 11.1 Å². The first-order valence-electron chi connectivity index (χ1n) is 11.8. The highest BCUT2D eigenvalue weighted by Crippen LogP contribution is 2.39. The van der Waals surface area contributed by atoms with Crippen LogP contribution in [0.15, 0.2) is 36.4 Å². The van der Waals surface area contributed by atoms with Crippen LogP contribution in [-0.2, 0) is 17.9 Å². The summed E-state index contributed by atoms with van der Waals surface area (Å²) in [4.78, 5) is 32.3. The van der Waals surface area contributed by atoms with Crippen LogP contribution >= 0.6 is 0 Å². The molecule has 4 rings (SSSR count). The molecule has 2 aromatic rings. The fourth-order valence-electron chi connectivity index (χ4n) is 5.18. The maximum absolute atomic E-state index is 13.7. The first-order chi connectivity index (χ1) is 16.8. The molecule has 35 heavy (non-hydrogen) atoms. The maximum atomic E-state index is 13.7. The lowest BCUT2D eigenvalue weighted by Gasteiger charge is -2.42. The highest BCUT2D eigenvalue weighted by atomic mass is 16.5. The van der Waals surface area contributed by atoms with Gasteiger partial charge in [0.2, 0.25) is 0 Å². The summed E-state index contributed by atoms with van der Waals surface area (Å²) < 4.78 is 15.9. The molecule has 188 valence electrons. The first kappa shape index (κ1) is 24.7. The number of hydrogen-bond donors (Lipinski definition) is 1. The lowest BCUT2D eigenvalue weighted by Crippen LogP contribution is -2.56. The number of carbonyl (C=O) groups excluding carboxylic acids is 2. The molecule has 0 saturated carbocycles. The topological polar surface area (TPSA) is 91.8 Å². The summed E-state index contributed by atoms with van der Waals surface area (Å²) in [5.41, 5.74) is 0.876. The molecule has 0 aromatic heterocycles. The van der Waals surface area contributed by atoms with Crippen LogP contribution in [0, 0.1) is 0 Å². The number of ether oxygens (including phenoxy) is 3. The van der Waals surface area contributed by atoms with Crippen LogP contribution in [-0.4, -0.2) is 78.2 Å². The third-order valence-electron chi connectivity index (χ3n) is 6.97. The third-order valence-corrected chi connectivity index (χ3v) is 6.97. The number of urea groups is 1. The number of rotatable bonds is 8. The van der Waals surface area contributed by atoms with Gasteiger partial charge in [-0.1, -0.05) is 0 Å². The Labute approximate surface area is 205 Å². The van der Waals surface area contributed by atoms with Gasteiger partial charge in [-0.25, -0.2) is 4.79 Å². The van der Waals surface area contributed by atoms with Crippen molar-refractivity contribution < 1.29 is 28.9 Å². The quantitative estimate of drug-likeness (QED) is 0.577. The van der Waals surface area contributed by atoms with Gasteiger partial charge in [0.25, 0.3) is 5.91 Å². The molecule has 0 unspecified atom stereocenters. The van der Waals surface area contributed by atoms with Crippen molar-refractivity contribution in [1.29, 1.82) is 0 Å². The Balaban J connectivity index is 1.50. The summed E-state index contributed by atoms with van der Waals surface area (Å²) in [5, 5.41) is 9.96. The highest BCUT2D eigenvalue weighted by molar-refractivity contribution is 6.07. The molecule has 0 atom stereocenters. The van der Waals surface area contributed by atoms with Crippen molar-refractivity contribution in [1.82, 2.24) is 14.7 Å². The number of benzene rings is 2. The maximum Gasteiger partial charge on any atom is 0.327 e. The highest BCUT2D eigenvalue weighted by Gasteiger charge is 2.57. The molecule has 0 aliphatic carbocycles. The number of imide groups is 1. The summed E-state index contributed by atoms with van der Waals surface area (Å²) in [6.45, 7) is 4.49. The van der Waals surface area contributed by atoms with Gasteiger partial charge in [-0.05, 0) is 55.2 Å². The van der Waals surface area contributed by atoms with Crippen molar-refractivity contribution in [2.45, 2.75) is 38.4 Å². The van der Waals surface area contributed by atoms with Crippen molar-refractivity contribution in [3.63, 3.8) is 0 Å². The summed E-state index contributed by atoms with van der Waals surface area (Å²) in [5.74, 6) is 1.83. The number of carbonyl (C=O) groups is 2. The van der Waals surface area contributed by atoms with E-state index < -0.39 is 5.54 Å². The number of amides is 3. The fourth-order valence-corrected chi connectivity index (χ4v) is 5.18. The molecule has 2 saturated heterocycles. The Morgan fingerprint density at radius 3 is 1.91 bits per heavy atom. The van der Waals surface area contributed by atoms with Gasteiger partial charge < -0.3 is 24.2 Å². The number of methoxy groups -OCH3 is 3. The zero-order valence-corrected chi connectivity index (χ0v) is 20.7. The Bertz CT molecular complexity index is 1070. The second-order valence-corrected chi connectivity index (χ2v) is 8.99. The van der Waals surface area contributed by atoms with E-state index in [9.17, 15) is 14.7 Å². The molecule has 2 aliphatic rings. The van der Waals surface area contributed by atoms with E-state index >= 15 is 0 Å². The van der Waals surface area contributed by atoms with Crippen molar-refractivity contribution in [3.8, 4) is 23.0 Å². The average Bonchev–Trinajstić information content (AvgIpc) is 3.05. The molecule has 3 amide bonds. The normalized spacial score (nSPS) is 17.8. The van der Waals surface area contributed by atoms with Crippen molar-refractivity contribution in [3.05, 3.63) is 47.5 Å². The zero-order chi connectivity index (χ0) is 25.2. The number of likely N-dealkylation sites (tertiary alicyclic amines) is 1. The number of aromatic hydroxyl groups is 1. The molecular formula is C26H33N3O6. The Hall–Kier alpha value is -3.46. The summed E-state index contributed by atoms with van der Waals surface area (Å²) in [6, 6.07) is 10.3. The SMILES string of the molecule is CCN1C(=O)N(Cc2cc(OC)cc(OC)c2)C(=O)C12CCN(Cc1cc(O)cc(OC)c1)CC2. The van der Waals surface area contributed by atoms with E-state index in [2.05, 4.69) is 4.90 Å². The predicted octanol–water partition coefficient (Wildman–Crippen LogP) is 3.24. The molecular weight excluding hydrogens is 450 g/mol. The number of piperidine rings is 1. The smallest absolute Gasteiger partial charge is 0.327 e. The van der Waals surface area contributed by atoms with Gasteiger partial charge in [0.15, 0.2) is 0 Å². The molecule has 2 aliphatic heterocycles. The molecule has 1 N–H and O–H groups in total. The third kappa shape index (κ3) is 4.73. The van der Waals surface area contributed by atoms with Crippen LogP contribution in [0.2, 0.25) is 0 Å². The van der Waals surface area contributed by atoms with Crippen LogP contribution in [0.25, 0.3) is 0 Å². The van der Waals surface area contributed by atoms with Gasteiger partial charge in [0.05, 0.1) is 27.9 Å². The Kier molecular flexibility index (Phi) is 7.07. The molecule has 9 heteroatoms. The summed E-state index contributed by atoms with van der Waals surface area (Å²) >= 11 is 0. The molecule has 2 heterocycles. The van der Waals surface area contributed by atoms with Crippen LogP contribution < -0.4 is 14.2 Å². The lowest BCUT2D eigenvalue weighted by molar-refractivity contribution is -0.136. The van der Waals surface area contributed by atoms with E-state index in [-0.39, 0.29) is 24.2 Å². The molecule has 2 fully saturated rings. The van der Waals surface area contributed by atoms with Gasteiger partial charge in [0, 0.05) is 38.3 Å².